The van der Waals surface area contributed by atoms with Gasteiger partial charge in [-0.25, -0.2) is 0 Å². The number of nitrogens with one attached hydrogen (secondary N) is 1. The Kier molecular flexibility index (Phi) is 5.06. The molecule has 0 radical (unpaired) electrons. The second-order valence-corrected chi connectivity index (χ2v) is 5.62. The molecular weight excluding hydrogens is 222 g/mol. The zero-order valence-electron chi connectivity index (χ0n) is 11.6. The average Bonchev–Trinajstić information content (AvgIpc) is 2.38. The maximum atomic E-state index is 5.69. The molecule has 0 aromatic heterocycles. The van der Waals surface area contributed by atoms with Crippen LogP contribution in [0.4, 0.5) is 0 Å². The maximum absolute atomic E-state index is 5.69. The molecule has 0 bridgehead atoms. The number of rotatable bonds is 5. The monoisotopic (exact) mass is 247 g/mol. The summed E-state index contributed by atoms with van der Waals surface area (Å²) >= 11 is 0. The van der Waals surface area contributed by atoms with E-state index in [0.717, 1.165) is 30.7 Å². The Hall–Kier alpha value is -1.02. The number of para-hydroxylation sites is 1. The van der Waals surface area contributed by atoms with Crippen molar-refractivity contribution in [3.63, 3.8) is 0 Å². The lowest BCUT2D eigenvalue weighted by Crippen LogP contribution is -2.40. The van der Waals surface area contributed by atoms with E-state index in [2.05, 4.69) is 19.2 Å². The molecule has 1 saturated carbocycles. The van der Waals surface area contributed by atoms with Crippen molar-refractivity contribution in [1.82, 2.24) is 5.32 Å². The Morgan fingerprint density at radius 1 is 1.17 bits per heavy atom. The Labute approximate surface area is 111 Å². The van der Waals surface area contributed by atoms with Gasteiger partial charge in [0.25, 0.3) is 0 Å². The molecule has 1 aromatic carbocycles. The summed E-state index contributed by atoms with van der Waals surface area (Å²) in [6, 6.07) is 10.7. The van der Waals surface area contributed by atoms with E-state index in [4.69, 9.17) is 4.74 Å². The molecule has 0 saturated heterocycles. The molecule has 2 heteroatoms. The molecule has 2 rings (SSSR count). The van der Waals surface area contributed by atoms with E-state index < -0.39 is 0 Å². The van der Waals surface area contributed by atoms with Gasteiger partial charge in [0.1, 0.15) is 12.4 Å². The minimum absolute atomic E-state index is 0.681. The van der Waals surface area contributed by atoms with E-state index in [1.807, 2.05) is 30.3 Å². The van der Waals surface area contributed by atoms with Gasteiger partial charge in [-0.1, -0.05) is 32.0 Å². The van der Waals surface area contributed by atoms with Crippen molar-refractivity contribution in [3.8, 4) is 5.75 Å². The molecule has 3 unspecified atom stereocenters. The summed E-state index contributed by atoms with van der Waals surface area (Å²) in [4.78, 5) is 0. The van der Waals surface area contributed by atoms with Crippen LogP contribution in [0.2, 0.25) is 0 Å². The van der Waals surface area contributed by atoms with E-state index in [-0.39, 0.29) is 0 Å². The second-order valence-electron chi connectivity index (χ2n) is 5.62. The van der Waals surface area contributed by atoms with Gasteiger partial charge in [-0.2, -0.15) is 0 Å². The highest BCUT2D eigenvalue weighted by Gasteiger charge is 2.24. The molecule has 1 aliphatic rings. The van der Waals surface area contributed by atoms with Crippen molar-refractivity contribution in [2.45, 2.75) is 39.2 Å². The normalized spacial score (nSPS) is 28.0. The van der Waals surface area contributed by atoms with Crippen LogP contribution in [0.15, 0.2) is 30.3 Å². The topological polar surface area (TPSA) is 21.3 Å². The summed E-state index contributed by atoms with van der Waals surface area (Å²) in [6.07, 6.45) is 4.03. The third-order valence-electron chi connectivity index (χ3n) is 3.95. The molecule has 1 aliphatic carbocycles. The minimum Gasteiger partial charge on any atom is -0.492 e. The van der Waals surface area contributed by atoms with E-state index >= 15 is 0 Å². The predicted octanol–water partition coefficient (Wildman–Crippen LogP) is 3.48. The lowest BCUT2D eigenvalue weighted by molar-refractivity contribution is 0.215. The highest BCUT2D eigenvalue weighted by Crippen LogP contribution is 2.28. The Morgan fingerprint density at radius 2 is 1.94 bits per heavy atom. The summed E-state index contributed by atoms with van der Waals surface area (Å²) in [5, 5.41) is 3.64. The van der Waals surface area contributed by atoms with Gasteiger partial charge in [0.15, 0.2) is 0 Å². The molecule has 3 atom stereocenters. The van der Waals surface area contributed by atoms with Crippen LogP contribution in [0.3, 0.4) is 0 Å². The van der Waals surface area contributed by atoms with E-state index in [0.29, 0.717) is 6.04 Å². The van der Waals surface area contributed by atoms with Crippen LogP contribution in [0, 0.1) is 11.8 Å². The highest BCUT2D eigenvalue weighted by atomic mass is 16.5. The maximum Gasteiger partial charge on any atom is 0.119 e. The van der Waals surface area contributed by atoms with Crippen molar-refractivity contribution >= 4 is 0 Å². The van der Waals surface area contributed by atoms with Gasteiger partial charge in [0, 0.05) is 12.6 Å². The van der Waals surface area contributed by atoms with Crippen LogP contribution in [0.5, 0.6) is 5.75 Å². The molecule has 1 N–H and O–H groups in total. The molecule has 0 heterocycles. The largest absolute Gasteiger partial charge is 0.492 e. The lowest BCUT2D eigenvalue weighted by Gasteiger charge is -2.33. The van der Waals surface area contributed by atoms with Crippen molar-refractivity contribution < 1.29 is 4.74 Å². The number of ether oxygens (including phenoxy) is 1. The van der Waals surface area contributed by atoms with Gasteiger partial charge >= 0.3 is 0 Å². The minimum atomic E-state index is 0.681. The summed E-state index contributed by atoms with van der Waals surface area (Å²) in [6.45, 7) is 6.43. The lowest BCUT2D eigenvalue weighted by atomic mass is 9.80. The van der Waals surface area contributed by atoms with Gasteiger partial charge in [0.05, 0.1) is 0 Å². The van der Waals surface area contributed by atoms with Crippen LogP contribution < -0.4 is 10.1 Å². The molecule has 0 amide bonds. The van der Waals surface area contributed by atoms with Crippen LogP contribution >= 0.6 is 0 Å². The first kappa shape index (κ1) is 13.4. The van der Waals surface area contributed by atoms with Crippen molar-refractivity contribution in [3.05, 3.63) is 30.3 Å². The summed E-state index contributed by atoms with van der Waals surface area (Å²) in [7, 11) is 0. The van der Waals surface area contributed by atoms with Gasteiger partial charge < -0.3 is 10.1 Å². The third kappa shape index (κ3) is 4.02. The standard InChI is InChI=1S/C16H25NO/c1-13-8-9-16(14(2)12-13)17-10-11-18-15-6-4-3-5-7-15/h3-7,13-14,16-17H,8-12H2,1-2H3. The third-order valence-corrected chi connectivity index (χ3v) is 3.95. The number of hydrogen-bond donors (Lipinski definition) is 1. The van der Waals surface area contributed by atoms with Gasteiger partial charge in [-0.3, -0.25) is 0 Å². The van der Waals surface area contributed by atoms with Crippen molar-refractivity contribution in [2.24, 2.45) is 11.8 Å². The fraction of sp³-hybridized carbons (Fsp3) is 0.625. The first-order chi connectivity index (χ1) is 8.75. The fourth-order valence-corrected chi connectivity index (χ4v) is 2.90. The van der Waals surface area contributed by atoms with Crippen molar-refractivity contribution in [1.29, 1.82) is 0 Å². The zero-order chi connectivity index (χ0) is 12.8. The van der Waals surface area contributed by atoms with Crippen LogP contribution in [-0.2, 0) is 0 Å². The summed E-state index contributed by atoms with van der Waals surface area (Å²) in [5.41, 5.74) is 0. The van der Waals surface area contributed by atoms with Crippen LogP contribution in [0.1, 0.15) is 33.1 Å². The van der Waals surface area contributed by atoms with E-state index in [1.165, 1.54) is 19.3 Å². The molecule has 2 nitrogen and oxygen atoms in total. The first-order valence-corrected chi connectivity index (χ1v) is 7.17. The SMILES string of the molecule is CC1CCC(NCCOc2ccccc2)C(C)C1. The fourth-order valence-electron chi connectivity index (χ4n) is 2.90. The number of benzene rings is 1. The molecular formula is C16H25NO. The molecule has 0 aliphatic heterocycles. The van der Waals surface area contributed by atoms with E-state index in [1.54, 1.807) is 0 Å². The molecule has 1 aromatic rings. The second kappa shape index (κ2) is 6.79. The van der Waals surface area contributed by atoms with E-state index in [9.17, 15) is 0 Å². The highest BCUT2D eigenvalue weighted by molar-refractivity contribution is 5.20. The molecule has 0 spiro atoms. The quantitative estimate of drug-likeness (QED) is 0.804. The van der Waals surface area contributed by atoms with Gasteiger partial charge in [-0.15, -0.1) is 0 Å². The van der Waals surface area contributed by atoms with Crippen LogP contribution in [0.25, 0.3) is 0 Å². The average molecular weight is 247 g/mol. The first-order valence-electron chi connectivity index (χ1n) is 7.17. The van der Waals surface area contributed by atoms with Crippen molar-refractivity contribution in [2.75, 3.05) is 13.2 Å². The Bertz CT molecular complexity index is 338. The molecule has 100 valence electrons. The van der Waals surface area contributed by atoms with Gasteiger partial charge in [-0.05, 0) is 43.2 Å². The summed E-state index contributed by atoms with van der Waals surface area (Å²) < 4.78 is 5.69. The smallest absolute Gasteiger partial charge is 0.119 e. The molecule has 1 fully saturated rings. The predicted molar refractivity (Wildman–Crippen MR) is 75.9 cm³/mol. The van der Waals surface area contributed by atoms with Gasteiger partial charge in [0.2, 0.25) is 0 Å². The van der Waals surface area contributed by atoms with Crippen LogP contribution in [-0.4, -0.2) is 19.2 Å². The zero-order valence-corrected chi connectivity index (χ0v) is 11.6. The Balaban J connectivity index is 1.64. The summed E-state index contributed by atoms with van der Waals surface area (Å²) in [5.74, 6) is 2.66. The number of hydrogen-bond acceptors (Lipinski definition) is 2. The Morgan fingerprint density at radius 3 is 2.67 bits per heavy atom. The molecule has 18 heavy (non-hydrogen) atoms.